The lowest BCUT2D eigenvalue weighted by Gasteiger charge is -2.09. The van der Waals surface area contributed by atoms with Gasteiger partial charge in [-0.15, -0.1) is 0 Å². The van der Waals surface area contributed by atoms with Crippen LogP contribution in [0.15, 0.2) is 24.4 Å². The number of benzene rings is 1. The first-order valence-corrected chi connectivity index (χ1v) is 5.04. The van der Waals surface area contributed by atoms with Crippen molar-refractivity contribution in [2.45, 2.75) is 6.92 Å². The van der Waals surface area contributed by atoms with Crippen LogP contribution >= 0.6 is 0 Å². The minimum Gasteiger partial charge on any atom is -0.381 e. The predicted molar refractivity (Wildman–Crippen MR) is 63.2 cm³/mol. The van der Waals surface area contributed by atoms with Crippen molar-refractivity contribution in [2.24, 2.45) is 0 Å². The standard InChI is InChI=1S/C13H13N3/c1-3-16(2)7-6-12-8-11(9-14)4-5-13(12)10-15/h4-8H,3H2,1-2H3/b7-6+. The van der Waals surface area contributed by atoms with Crippen LogP contribution in [0.2, 0.25) is 0 Å². The largest absolute Gasteiger partial charge is 0.381 e. The molecule has 0 bridgehead atoms. The third-order valence-corrected chi connectivity index (χ3v) is 2.31. The van der Waals surface area contributed by atoms with Gasteiger partial charge < -0.3 is 4.90 Å². The van der Waals surface area contributed by atoms with Gasteiger partial charge in [-0.2, -0.15) is 10.5 Å². The molecule has 3 heteroatoms. The first-order chi connectivity index (χ1) is 7.71. The number of nitriles is 2. The van der Waals surface area contributed by atoms with E-state index in [1.807, 2.05) is 31.1 Å². The Bertz CT molecular complexity index is 475. The van der Waals surface area contributed by atoms with E-state index in [4.69, 9.17) is 10.5 Å². The Hall–Kier alpha value is -2.26. The highest BCUT2D eigenvalue weighted by molar-refractivity contribution is 5.60. The molecular formula is C13H13N3. The fourth-order valence-corrected chi connectivity index (χ4v) is 1.18. The molecule has 0 amide bonds. The number of rotatable bonds is 3. The van der Waals surface area contributed by atoms with Crippen LogP contribution in [0.25, 0.3) is 6.08 Å². The second-order valence-electron chi connectivity index (χ2n) is 3.41. The maximum Gasteiger partial charge on any atom is 0.0997 e. The topological polar surface area (TPSA) is 50.8 Å². The third kappa shape index (κ3) is 2.87. The summed E-state index contributed by atoms with van der Waals surface area (Å²) in [5, 5.41) is 17.7. The molecule has 16 heavy (non-hydrogen) atoms. The maximum atomic E-state index is 8.92. The van der Waals surface area contributed by atoms with Crippen LogP contribution in [0.3, 0.4) is 0 Å². The van der Waals surface area contributed by atoms with Crippen molar-refractivity contribution in [1.29, 1.82) is 10.5 Å². The van der Waals surface area contributed by atoms with Gasteiger partial charge in [-0.1, -0.05) is 0 Å². The molecule has 0 spiro atoms. The molecular weight excluding hydrogens is 198 g/mol. The minimum atomic E-state index is 0.567. The fraction of sp³-hybridized carbons (Fsp3) is 0.231. The Morgan fingerprint density at radius 3 is 2.62 bits per heavy atom. The van der Waals surface area contributed by atoms with Crippen molar-refractivity contribution in [3.05, 3.63) is 41.1 Å². The quantitative estimate of drug-likeness (QED) is 0.771. The van der Waals surface area contributed by atoms with Gasteiger partial charge in [0.05, 0.1) is 23.3 Å². The highest BCUT2D eigenvalue weighted by Gasteiger charge is 2.00. The van der Waals surface area contributed by atoms with E-state index in [0.29, 0.717) is 11.1 Å². The van der Waals surface area contributed by atoms with E-state index < -0.39 is 0 Å². The molecule has 0 saturated carbocycles. The van der Waals surface area contributed by atoms with Crippen LogP contribution < -0.4 is 0 Å². The van der Waals surface area contributed by atoms with Crippen LogP contribution in [-0.2, 0) is 0 Å². The monoisotopic (exact) mass is 211 g/mol. The van der Waals surface area contributed by atoms with Gasteiger partial charge >= 0.3 is 0 Å². The summed E-state index contributed by atoms with van der Waals surface area (Å²) in [6.45, 7) is 2.94. The molecule has 1 rings (SSSR count). The molecule has 0 unspecified atom stereocenters. The van der Waals surface area contributed by atoms with E-state index in [2.05, 4.69) is 12.1 Å². The van der Waals surface area contributed by atoms with E-state index >= 15 is 0 Å². The predicted octanol–water partition coefficient (Wildman–Crippen LogP) is 2.35. The zero-order valence-corrected chi connectivity index (χ0v) is 9.44. The molecule has 1 aromatic carbocycles. The molecule has 0 aliphatic rings. The molecule has 80 valence electrons. The summed E-state index contributed by atoms with van der Waals surface area (Å²) >= 11 is 0. The first-order valence-electron chi connectivity index (χ1n) is 5.04. The third-order valence-electron chi connectivity index (χ3n) is 2.31. The van der Waals surface area contributed by atoms with Crippen LogP contribution in [0.4, 0.5) is 0 Å². The van der Waals surface area contributed by atoms with Crippen molar-refractivity contribution in [3.8, 4) is 12.1 Å². The van der Waals surface area contributed by atoms with Gasteiger partial charge in [0.1, 0.15) is 0 Å². The summed E-state index contributed by atoms with van der Waals surface area (Å²) in [6.07, 6.45) is 3.75. The summed E-state index contributed by atoms with van der Waals surface area (Å²) in [7, 11) is 1.96. The van der Waals surface area contributed by atoms with Gasteiger partial charge in [0.2, 0.25) is 0 Å². The van der Waals surface area contributed by atoms with E-state index in [1.165, 1.54) is 0 Å². The number of nitrogens with zero attached hydrogens (tertiary/aromatic N) is 3. The first kappa shape index (κ1) is 11.8. The summed E-state index contributed by atoms with van der Waals surface area (Å²) in [6, 6.07) is 9.22. The van der Waals surface area contributed by atoms with Crippen molar-refractivity contribution < 1.29 is 0 Å². The second-order valence-corrected chi connectivity index (χ2v) is 3.41. The normalized spacial score (nSPS) is 9.75. The van der Waals surface area contributed by atoms with Gasteiger partial charge in [-0.3, -0.25) is 0 Å². The van der Waals surface area contributed by atoms with Crippen LogP contribution in [0, 0.1) is 22.7 Å². The van der Waals surface area contributed by atoms with Gasteiger partial charge in [-0.05, 0) is 43.0 Å². The fourth-order valence-electron chi connectivity index (χ4n) is 1.18. The molecule has 0 aliphatic carbocycles. The van der Waals surface area contributed by atoms with Crippen molar-refractivity contribution >= 4 is 6.08 Å². The molecule has 0 N–H and O–H groups in total. The Labute approximate surface area is 95.8 Å². The van der Waals surface area contributed by atoms with E-state index in [-0.39, 0.29) is 0 Å². The van der Waals surface area contributed by atoms with Crippen molar-refractivity contribution in [1.82, 2.24) is 4.90 Å². The zero-order valence-electron chi connectivity index (χ0n) is 9.44. The number of hydrogen-bond acceptors (Lipinski definition) is 3. The maximum absolute atomic E-state index is 8.92. The van der Waals surface area contributed by atoms with Gasteiger partial charge in [0, 0.05) is 13.6 Å². The zero-order chi connectivity index (χ0) is 12.0. The Balaban J connectivity index is 3.07. The summed E-state index contributed by atoms with van der Waals surface area (Å²) in [4.78, 5) is 2.00. The lowest BCUT2D eigenvalue weighted by Crippen LogP contribution is -2.08. The van der Waals surface area contributed by atoms with Crippen LogP contribution in [-0.4, -0.2) is 18.5 Å². The summed E-state index contributed by atoms with van der Waals surface area (Å²) < 4.78 is 0. The SMILES string of the molecule is CCN(C)/C=C/c1cc(C#N)ccc1C#N. The molecule has 0 aromatic heterocycles. The molecule has 0 saturated heterocycles. The van der Waals surface area contributed by atoms with Gasteiger partial charge in [0.15, 0.2) is 0 Å². The number of hydrogen-bond donors (Lipinski definition) is 0. The highest BCUT2D eigenvalue weighted by Crippen LogP contribution is 2.12. The van der Waals surface area contributed by atoms with Crippen LogP contribution in [0.1, 0.15) is 23.6 Å². The lowest BCUT2D eigenvalue weighted by molar-refractivity contribution is 0.487. The average Bonchev–Trinajstić information content (AvgIpc) is 2.35. The molecule has 0 radical (unpaired) electrons. The second kappa shape index (κ2) is 5.58. The molecule has 0 fully saturated rings. The Morgan fingerprint density at radius 2 is 2.06 bits per heavy atom. The average molecular weight is 211 g/mol. The molecule has 0 aliphatic heterocycles. The molecule has 3 nitrogen and oxygen atoms in total. The van der Waals surface area contributed by atoms with Crippen LogP contribution in [0.5, 0.6) is 0 Å². The van der Waals surface area contributed by atoms with Gasteiger partial charge in [0.25, 0.3) is 0 Å². The smallest absolute Gasteiger partial charge is 0.0997 e. The minimum absolute atomic E-state index is 0.567. The highest BCUT2D eigenvalue weighted by atomic mass is 15.1. The summed E-state index contributed by atoms with van der Waals surface area (Å²) in [5.74, 6) is 0. The lowest BCUT2D eigenvalue weighted by atomic mass is 10.1. The Morgan fingerprint density at radius 1 is 1.31 bits per heavy atom. The van der Waals surface area contributed by atoms with Crippen molar-refractivity contribution in [3.63, 3.8) is 0 Å². The van der Waals surface area contributed by atoms with E-state index in [0.717, 1.165) is 12.1 Å². The van der Waals surface area contributed by atoms with E-state index in [1.54, 1.807) is 18.2 Å². The Kier molecular flexibility index (Phi) is 4.12. The molecule has 1 aromatic rings. The molecule has 0 atom stereocenters. The molecule has 0 heterocycles. The van der Waals surface area contributed by atoms with Crippen molar-refractivity contribution in [2.75, 3.05) is 13.6 Å². The van der Waals surface area contributed by atoms with E-state index in [9.17, 15) is 0 Å². The van der Waals surface area contributed by atoms with Gasteiger partial charge in [-0.25, -0.2) is 0 Å². The summed E-state index contributed by atoms with van der Waals surface area (Å²) in [5.41, 5.74) is 1.93.